The third kappa shape index (κ3) is 1.69. The molecule has 0 spiro atoms. The van der Waals surface area contributed by atoms with Crippen molar-refractivity contribution >= 4 is 11.5 Å². The van der Waals surface area contributed by atoms with Gasteiger partial charge in [-0.05, 0) is 36.2 Å². The quantitative estimate of drug-likeness (QED) is 0.816. The molecule has 2 N–H and O–H groups in total. The maximum Gasteiger partial charge on any atom is 0.0843 e. The first kappa shape index (κ1) is 9.37. The minimum atomic E-state index is 0.563. The first-order valence-corrected chi connectivity index (χ1v) is 5.35. The summed E-state index contributed by atoms with van der Waals surface area (Å²) in [4.78, 5) is 0. The van der Waals surface area contributed by atoms with Crippen LogP contribution in [-0.2, 0) is 6.54 Å². The molecule has 0 aliphatic carbocycles. The highest BCUT2D eigenvalue weighted by Gasteiger charge is 2.05. The lowest BCUT2D eigenvalue weighted by Gasteiger charge is -2.05. The lowest BCUT2D eigenvalue weighted by molar-refractivity contribution is 1.07. The van der Waals surface area contributed by atoms with Crippen LogP contribution in [0.1, 0.15) is 11.1 Å². The first-order valence-electron chi connectivity index (χ1n) is 4.51. The van der Waals surface area contributed by atoms with Crippen LogP contribution in [-0.4, -0.2) is 4.37 Å². The summed E-state index contributed by atoms with van der Waals surface area (Å²) in [7, 11) is 0. The normalized spacial score (nSPS) is 10.4. The van der Waals surface area contributed by atoms with E-state index >= 15 is 0 Å². The predicted molar refractivity (Wildman–Crippen MR) is 60.2 cm³/mol. The Kier molecular flexibility index (Phi) is 2.61. The fraction of sp³-hybridized carbons (Fsp3) is 0.182. The molecule has 0 amide bonds. The van der Waals surface area contributed by atoms with Gasteiger partial charge in [-0.25, -0.2) is 0 Å². The summed E-state index contributed by atoms with van der Waals surface area (Å²) in [6, 6.07) is 8.32. The molecule has 0 bridgehead atoms. The molecule has 0 fully saturated rings. The summed E-state index contributed by atoms with van der Waals surface area (Å²) in [6.07, 6.45) is 0. The first-order chi connectivity index (χ1) is 6.81. The number of aryl methyl sites for hydroxylation is 1. The van der Waals surface area contributed by atoms with E-state index in [1.165, 1.54) is 17.1 Å². The Bertz CT molecular complexity index is 421. The fourth-order valence-electron chi connectivity index (χ4n) is 1.46. The van der Waals surface area contributed by atoms with E-state index < -0.39 is 0 Å². The van der Waals surface area contributed by atoms with E-state index in [0.717, 1.165) is 16.8 Å². The van der Waals surface area contributed by atoms with Gasteiger partial charge in [0.15, 0.2) is 0 Å². The van der Waals surface area contributed by atoms with E-state index in [4.69, 9.17) is 5.73 Å². The summed E-state index contributed by atoms with van der Waals surface area (Å²) in [5.74, 6) is 0. The standard InChI is InChI=1S/C11H12N2S/c1-8-2-3-9(7-12)10(6-8)11-4-5-14-13-11/h2-6H,7,12H2,1H3. The van der Waals surface area contributed by atoms with E-state index in [0.29, 0.717) is 6.54 Å². The van der Waals surface area contributed by atoms with Gasteiger partial charge in [-0.1, -0.05) is 17.7 Å². The number of nitrogens with zero attached hydrogens (tertiary/aromatic N) is 1. The molecule has 0 saturated carbocycles. The minimum absolute atomic E-state index is 0.563. The van der Waals surface area contributed by atoms with Crippen molar-refractivity contribution in [3.05, 3.63) is 40.8 Å². The smallest absolute Gasteiger partial charge is 0.0843 e. The van der Waals surface area contributed by atoms with Gasteiger partial charge in [0.25, 0.3) is 0 Å². The molecule has 2 aromatic rings. The van der Waals surface area contributed by atoms with Crippen LogP contribution in [0.25, 0.3) is 11.3 Å². The Hall–Kier alpha value is -1.19. The SMILES string of the molecule is Cc1ccc(CN)c(-c2ccsn2)c1. The molecule has 0 saturated heterocycles. The monoisotopic (exact) mass is 204 g/mol. The molecule has 0 unspecified atom stereocenters. The van der Waals surface area contributed by atoms with Crippen molar-refractivity contribution in [2.45, 2.75) is 13.5 Å². The van der Waals surface area contributed by atoms with Crippen LogP contribution in [0.2, 0.25) is 0 Å². The summed E-state index contributed by atoms with van der Waals surface area (Å²) >= 11 is 1.47. The molecule has 3 heteroatoms. The summed E-state index contributed by atoms with van der Waals surface area (Å²) in [5.41, 5.74) is 10.3. The lowest BCUT2D eigenvalue weighted by Crippen LogP contribution is -1.99. The third-order valence-corrected chi connectivity index (χ3v) is 2.76. The van der Waals surface area contributed by atoms with E-state index in [9.17, 15) is 0 Å². The van der Waals surface area contributed by atoms with Gasteiger partial charge in [-0.2, -0.15) is 4.37 Å². The zero-order valence-electron chi connectivity index (χ0n) is 8.03. The number of hydrogen-bond acceptors (Lipinski definition) is 3. The van der Waals surface area contributed by atoms with Crippen molar-refractivity contribution in [1.29, 1.82) is 0 Å². The second-order valence-electron chi connectivity index (χ2n) is 3.25. The van der Waals surface area contributed by atoms with Crippen LogP contribution in [0, 0.1) is 6.92 Å². The number of aromatic nitrogens is 1. The zero-order valence-corrected chi connectivity index (χ0v) is 8.84. The highest BCUT2D eigenvalue weighted by molar-refractivity contribution is 7.03. The Morgan fingerprint density at radius 2 is 2.21 bits per heavy atom. The maximum absolute atomic E-state index is 5.68. The van der Waals surface area contributed by atoms with Crippen LogP contribution in [0.5, 0.6) is 0 Å². The molecule has 72 valence electrons. The average Bonchev–Trinajstić information content (AvgIpc) is 2.70. The van der Waals surface area contributed by atoms with Crippen molar-refractivity contribution in [3.63, 3.8) is 0 Å². The van der Waals surface area contributed by atoms with E-state index in [2.05, 4.69) is 29.5 Å². The van der Waals surface area contributed by atoms with E-state index in [1.807, 2.05) is 11.4 Å². The molecular formula is C11H12N2S. The highest BCUT2D eigenvalue weighted by atomic mass is 32.1. The Labute approximate surface area is 87.6 Å². The van der Waals surface area contributed by atoms with Gasteiger partial charge in [-0.3, -0.25) is 0 Å². The molecule has 0 aliphatic rings. The molecule has 0 radical (unpaired) electrons. The zero-order chi connectivity index (χ0) is 9.97. The van der Waals surface area contributed by atoms with Crippen molar-refractivity contribution in [2.75, 3.05) is 0 Å². The molecule has 1 aromatic heterocycles. The van der Waals surface area contributed by atoms with Crippen molar-refractivity contribution in [1.82, 2.24) is 4.37 Å². The molecule has 0 aliphatic heterocycles. The topological polar surface area (TPSA) is 38.9 Å². The molecular weight excluding hydrogens is 192 g/mol. The molecule has 2 nitrogen and oxygen atoms in total. The van der Waals surface area contributed by atoms with Crippen LogP contribution >= 0.6 is 11.5 Å². The van der Waals surface area contributed by atoms with Crippen LogP contribution in [0.15, 0.2) is 29.6 Å². The van der Waals surface area contributed by atoms with E-state index in [-0.39, 0.29) is 0 Å². The van der Waals surface area contributed by atoms with Crippen molar-refractivity contribution in [2.24, 2.45) is 5.73 Å². The number of hydrogen-bond donors (Lipinski definition) is 1. The van der Waals surface area contributed by atoms with Gasteiger partial charge >= 0.3 is 0 Å². The summed E-state index contributed by atoms with van der Waals surface area (Å²) in [6.45, 7) is 2.64. The Balaban J connectivity index is 2.55. The van der Waals surface area contributed by atoms with E-state index in [1.54, 1.807) is 0 Å². The van der Waals surface area contributed by atoms with Crippen molar-refractivity contribution < 1.29 is 0 Å². The average molecular weight is 204 g/mol. The van der Waals surface area contributed by atoms with Gasteiger partial charge in [0, 0.05) is 17.5 Å². The third-order valence-electron chi connectivity index (χ3n) is 2.20. The Morgan fingerprint density at radius 3 is 2.86 bits per heavy atom. The van der Waals surface area contributed by atoms with Crippen LogP contribution < -0.4 is 5.73 Å². The lowest BCUT2D eigenvalue weighted by atomic mass is 10.0. The second-order valence-corrected chi connectivity index (χ2v) is 3.91. The molecule has 2 rings (SSSR count). The predicted octanol–water partition coefficient (Wildman–Crippen LogP) is 2.58. The van der Waals surface area contributed by atoms with Crippen LogP contribution in [0.3, 0.4) is 0 Å². The molecule has 0 atom stereocenters. The molecule has 1 aromatic carbocycles. The van der Waals surface area contributed by atoms with Gasteiger partial charge < -0.3 is 5.73 Å². The maximum atomic E-state index is 5.68. The second kappa shape index (κ2) is 3.90. The van der Waals surface area contributed by atoms with Gasteiger partial charge in [0.2, 0.25) is 0 Å². The largest absolute Gasteiger partial charge is 0.326 e. The highest BCUT2D eigenvalue weighted by Crippen LogP contribution is 2.24. The number of rotatable bonds is 2. The van der Waals surface area contributed by atoms with Gasteiger partial charge in [-0.15, -0.1) is 0 Å². The number of benzene rings is 1. The van der Waals surface area contributed by atoms with Gasteiger partial charge in [0.1, 0.15) is 0 Å². The fourth-order valence-corrected chi connectivity index (χ4v) is 1.98. The van der Waals surface area contributed by atoms with Crippen LogP contribution in [0.4, 0.5) is 0 Å². The van der Waals surface area contributed by atoms with Crippen molar-refractivity contribution in [3.8, 4) is 11.3 Å². The van der Waals surface area contributed by atoms with Gasteiger partial charge in [0.05, 0.1) is 5.69 Å². The molecule has 14 heavy (non-hydrogen) atoms. The number of nitrogens with two attached hydrogens (primary N) is 1. The summed E-state index contributed by atoms with van der Waals surface area (Å²) in [5, 5.41) is 1.98. The molecule has 1 heterocycles. The minimum Gasteiger partial charge on any atom is -0.326 e. The summed E-state index contributed by atoms with van der Waals surface area (Å²) < 4.78 is 4.32. The Morgan fingerprint density at radius 1 is 1.36 bits per heavy atom.